The monoisotopic (exact) mass is 489 g/mol. The van der Waals surface area contributed by atoms with Crippen LogP contribution in [0.3, 0.4) is 0 Å². The number of hydrogen-bond acceptors (Lipinski definition) is 7. The normalized spacial score (nSPS) is 17.2. The van der Waals surface area contributed by atoms with E-state index in [1.165, 1.54) is 0 Å². The van der Waals surface area contributed by atoms with Crippen molar-refractivity contribution in [2.45, 2.75) is 71.5 Å². The molecule has 1 saturated heterocycles. The number of benzene rings is 1. The summed E-state index contributed by atoms with van der Waals surface area (Å²) in [6.45, 7) is 9.84. The summed E-state index contributed by atoms with van der Waals surface area (Å²) >= 11 is 0. The highest BCUT2D eigenvalue weighted by Crippen LogP contribution is 2.22. The first-order valence-electron chi connectivity index (χ1n) is 11.9. The summed E-state index contributed by atoms with van der Waals surface area (Å²) in [6, 6.07) is 5.49. The molecule has 0 saturated carbocycles. The van der Waals surface area contributed by atoms with Crippen molar-refractivity contribution in [3.8, 4) is 5.75 Å². The van der Waals surface area contributed by atoms with E-state index in [0.29, 0.717) is 25.2 Å². The van der Waals surface area contributed by atoms with Gasteiger partial charge >= 0.3 is 0 Å². The Kier molecular flexibility index (Phi) is 9.88. The van der Waals surface area contributed by atoms with Crippen LogP contribution in [-0.2, 0) is 9.59 Å². The van der Waals surface area contributed by atoms with Crippen molar-refractivity contribution in [1.82, 2.24) is 21.0 Å². The lowest BCUT2D eigenvalue weighted by Gasteiger charge is -2.30. The average Bonchev–Trinajstić information content (AvgIpc) is 3.26. The van der Waals surface area contributed by atoms with E-state index in [9.17, 15) is 14.4 Å². The van der Waals surface area contributed by atoms with Gasteiger partial charge in [0.25, 0.3) is 11.8 Å². The van der Waals surface area contributed by atoms with E-state index >= 15 is 0 Å². The van der Waals surface area contributed by atoms with Crippen LogP contribution in [0.25, 0.3) is 0 Å². The summed E-state index contributed by atoms with van der Waals surface area (Å²) in [5.74, 6) is 10.7. The minimum absolute atomic E-state index is 0.146. The third-order valence-electron chi connectivity index (χ3n) is 5.45. The van der Waals surface area contributed by atoms with Gasteiger partial charge in [-0.15, -0.1) is 0 Å². The predicted molar refractivity (Wildman–Crippen MR) is 134 cm³/mol. The highest BCUT2D eigenvalue weighted by Gasteiger charge is 2.37. The fraction of sp³-hybridized carbons (Fsp3) is 0.583. The van der Waals surface area contributed by atoms with Crippen molar-refractivity contribution < 1.29 is 19.1 Å². The van der Waals surface area contributed by atoms with Crippen LogP contribution >= 0.6 is 0 Å². The number of hydrazine groups is 1. The third kappa shape index (κ3) is 8.13. The molecule has 2 rings (SSSR count). The Balaban J connectivity index is 2.18. The Bertz CT molecular complexity index is 927. The molecule has 1 aromatic rings. The number of carbonyl (C=O) groups excluding carboxylic acids is 3. The van der Waals surface area contributed by atoms with Crippen LogP contribution in [0.4, 0.5) is 0 Å². The van der Waals surface area contributed by atoms with Crippen molar-refractivity contribution in [2.75, 3.05) is 13.2 Å². The van der Waals surface area contributed by atoms with Gasteiger partial charge in [0.2, 0.25) is 5.91 Å². The van der Waals surface area contributed by atoms with Crippen LogP contribution in [0.5, 0.6) is 5.75 Å². The zero-order valence-corrected chi connectivity index (χ0v) is 21.3. The summed E-state index contributed by atoms with van der Waals surface area (Å²) in [6.07, 6.45) is 1.88. The minimum Gasteiger partial charge on any atom is -0.483 e. The van der Waals surface area contributed by atoms with Crippen LogP contribution in [-0.4, -0.2) is 59.2 Å². The van der Waals surface area contributed by atoms with E-state index in [1.54, 1.807) is 29.2 Å². The molecule has 0 radical (unpaired) electrons. The Labute approximate surface area is 207 Å². The number of nitrogens with one attached hydrogen (secondary N) is 3. The topological polar surface area (TPSA) is 164 Å². The van der Waals surface area contributed by atoms with Gasteiger partial charge in [-0.05, 0) is 58.1 Å². The smallest absolute Gasteiger partial charge is 0.258 e. The maximum Gasteiger partial charge on any atom is 0.258 e. The van der Waals surface area contributed by atoms with Gasteiger partial charge in [-0.3, -0.25) is 14.4 Å². The van der Waals surface area contributed by atoms with Gasteiger partial charge in [-0.1, -0.05) is 26.0 Å². The van der Waals surface area contributed by atoms with Gasteiger partial charge in [0.05, 0.1) is 11.6 Å². The Morgan fingerprint density at radius 3 is 2.51 bits per heavy atom. The molecule has 1 aromatic carbocycles. The lowest BCUT2D eigenvalue weighted by Crippen LogP contribution is -2.55. The second-order valence-corrected chi connectivity index (χ2v) is 10.1. The lowest BCUT2D eigenvalue weighted by molar-refractivity contribution is -0.133. The summed E-state index contributed by atoms with van der Waals surface area (Å²) < 4.78 is 5.65. The quantitative estimate of drug-likeness (QED) is 0.148. The highest BCUT2D eigenvalue weighted by molar-refractivity contribution is 6.00. The molecule has 1 fully saturated rings. The molecule has 1 aliphatic heterocycles. The number of amidine groups is 1. The van der Waals surface area contributed by atoms with Crippen LogP contribution in [0.2, 0.25) is 0 Å². The molecule has 0 aliphatic carbocycles. The number of hydrazone groups is 1. The molecule has 0 bridgehead atoms. The predicted octanol–water partition coefficient (Wildman–Crippen LogP) is 0.851. The molecular formula is C24H39N7O4. The third-order valence-corrected chi connectivity index (χ3v) is 5.45. The van der Waals surface area contributed by atoms with E-state index < -0.39 is 17.5 Å². The van der Waals surface area contributed by atoms with Crippen molar-refractivity contribution in [3.63, 3.8) is 0 Å². The molecule has 1 aliphatic rings. The van der Waals surface area contributed by atoms with Crippen LogP contribution < -0.4 is 32.5 Å². The van der Waals surface area contributed by atoms with Gasteiger partial charge in [0, 0.05) is 12.1 Å². The summed E-state index contributed by atoms with van der Waals surface area (Å²) in [5, 5.41) is 9.35. The molecule has 35 heavy (non-hydrogen) atoms. The minimum atomic E-state index is -0.767. The molecular weight excluding hydrogens is 450 g/mol. The summed E-state index contributed by atoms with van der Waals surface area (Å²) in [5.41, 5.74) is 2.30. The zero-order chi connectivity index (χ0) is 26.2. The first-order chi connectivity index (χ1) is 16.5. The second-order valence-electron chi connectivity index (χ2n) is 10.1. The number of rotatable bonds is 9. The van der Waals surface area contributed by atoms with Crippen molar-refractivity contribution in [3.05, 3.63) is 29.8 Å². The lowest BCUT2D eigenvalue weighted by atomic mass is 10.0. The van der Waals surface area contributed by atoms with Crippen molar-refractivity contribution in [2.24, 2.45) is 22.7 Å². The number of carbonyl (C=O) groups is 3. The fourth-order valence-electron chi connectivity index (χ4n) is 4.04. The number of amides is 3. The number of likely N-dealkylation sites (tertiary alicyclic amines) is 1. The molecule has 2 atom stereocenters. The Morgan fingerprint density at radius 1 is 1.23 bits per heavy atom. The van der Waals surface area contributed by atoms with E-state index in [0.717, 1.165) is 6.42 Å². The summed E-state index contributed by atoms with van der Waals surface area (Å²) in [4.78, 5) is 40.5. The molecule has 2 unspecified atom stereocenters. The Morgan fingerprint density at radius 2 is 1.91 bits per heavy atom. The van der Waals surface area contributed by atoms with Gasteiger partial charge < -0.3 is 31.5 Å². The van der Waals surface area contributed by atoms with E-state index in [4.69, 9.17) is 16.4 Å². The largest absolute Gasteiger partial charge is 0.483 e. The molecule has 11 nitrogen and oxygen atoms in total. The van der Waals surface area contributed by atoms with Crippen LogP contribution in [0.15, 0.2) is 29.4 Å². The zero-order valence-electron chi connectivity index (χ0n) is 21.3. The second kappa shape index (κ2) is 12.4. The standard InChI is InChI=1S/C24H39N7O4/c1-15(2)13-17(23(34)31-12-8-10-18(31)21(29-25)30-26)27-22(33)16-9-6-7-11-19(16)35-14-20(32)28-24(3,4)5/h6-7,9,11,15,17-18H,8,10,12-14,25-26H2,1-5H3,(H,27,33)(H,28,32)(H,29,30). The number of hydrogen-bond donors (Lipinski definition) is 5. The van der Waals surface area contributed by atoms with Crippen LogP contribution in [0, 0.1) is 5.92 Å². The van der Waals surface area contributed by atoms with E-state index in [-0.39, 0.29) is 41.7 Å². The first-order valence-corrected chi connectivity index (χ1v) is 11.9. The summed E-state index contributed by atoms with van der Waals surface area (Å²) in [7, 11) is 0. The van der Waals surface area contributed by atoms with Crippen LogP contribution in [0.1, 0.15) is 64.2 Å². The van der Waals surface area contributed by atoms with E-state index in [1.807, 2.05) is 34.6 Å². The highest BCUT2D eigenvalue weighted by atomic mass is 16.5. The molecule has 1 heterocycles. The molecule has 194 valence electrons. The molecule has 0 aromatic heterocycles. The number of nitrogens with two attached hydrogens (primary N) is 2. The molecule has 3 amide bonds. The SMILES string of the molecule is CC(C)CC(NC(=O)c1ccccc1OCC(=O)NC(C)(C)C)C(=O)N1CCCC1/C(=N/N)NN. The van der Waals surface area contributed by atoms with Gasteiger partial charge in [-0.25, -0.2) is 5.84 Å². The Hall–Kier alpha value is -3.34. The molecule has 0 spiro atoms. The number of ether oxygens (including phenoxy) is 1. The van der Waals surface area contributed by atoms with E-state index in [2.05, 4.69) is 21.2 Å². The average molecular weight is 490 g/mol. The first kappa shape index (κ1) is 27.9. The van der Waals surface area contributed by atoms with Gasteiger partial charge in [0.15, 0.2) is 12.4 Å². The molecule has 11 heteroatoms. The fourth-order valence-corrected chi connectivity index (χ4v) is 4.04. The van der Waals surface area contributed by atoms with Gasteiger partial charge in [-0.2, -0.15) is 5.10 Å². The maximum atomic E-state index is 13.5. The number of nitrogens with zero attached hydrogens (tertiary/aromatic N) is 2. The number of para-hydroxylation sites is 1. The molecule has 7 N–H and O–H groups in total. The van der Waals surface area contributed by atoms with Crippen molar-refractivity contribution >= 4 is 23.6 Å². The van der Waals surface area contributed by atoms with Gasteiger partial charge in [0.1, 0.15) is 11.8 Å². The maximum absolute atomic E-state index is 13.5. The van der Waals surface area contributed by atoms with Crippen molar-refractivity contribution in [1.29, 1.82) is 0 Å².